The Morgan fingerprint density at radius 1 is 1.04 bits per heavy atom. The maximum absolute atomic E-state index is 4.81. The number of nitrogens with one attached hydrogen (secondary N) is 1. The molecule has 0 spiro atoms. The van der Waals surface area contributed by atoms with Crippen molar-refractivity contribution < 1.29 is 0 Å². The van der Waals surface area contributed by atoms with Crippen molar-refractivity contribution in [2.24, 2.45) is 0 Å². The maximum atomic E-state index is 4.81. The molecule has 0 unspecified atom stereocenters. The zero-order valence-corrected chi connectivity index (χ0v) is 15.9. The molecule has 1 aromatic carbocycles. The SMILES string of the molecule is CCc1cc2c(Nc3ccc(C)c(C)c3)nc(-c3cccnc3)nc2s1. The van der Waals surface area contributed by atoms with Gasteiger partial charge in [-0.25, -0.2) is 9.97 Å². The summed E-state index contributed by atoms with van der Waals surface area (Å²) in [4.78, 5) is 16.1. The molecule has 26 heavy (non-hydrogen) atoms. The predicted octanol–water partition coefficient (Wildman–Crippen LogP) is 5.68. The van der Waals surface area contributed by atoms with Crippen LogP contribution in [0.3, 0.4) is 0 Å². The molecule has 0 aliphatic carbocycles. The molecule has 130 valence electrons. The highest BCUT2D eigenvalue weighted by Crippen LogP contribution is 2.33. The number of nitrogens with zero attached hydrogens (tertiary/aromatic N) is 3. The van der Waals surface area contributed by atoms with E-state index in [1.165, 1.54) is 16.0 Å². The van der Waals surface area contributed by atoms with Gasteiger partial charge < -0.3 is 5.32 Å². The first-order valence-corrected chi connectivity index (χ1v) is 9.51. The molecule has 0 saturated heterocycles. The van der Waals surface area contributed by atoms with Crippen molar-refractivity contribution in [3.63, 3.8) is 0 Å². The summed E-state index contributed by atoms with van der Waals surface area (Å²) in [5.41, 5.74) is 4.49. The monoisotopic (exact) mass is 360 g/mol. The number of rotatable bonds is 4. The second-order valence-corrected chi connectivity index (χ2v) is 7.46. The number of anilines is 2. The van der Waals surface area contributed by atoms with Crippen molar-refractivity contribution in [2.45, 2.75) is 27.2 Å². The highest BCUT2D eigenvalue weighted by molar-refractivity contribution is 7.18. The van der Waals surface area contributed by atoms with Gasteiger partial charge in [0.1, 0.15) is 10.6 Å². The molecule has 0 amide bonds. The fourth-order valence-electron chi connectivity index (χ4n) is 2.82. The number of benzene rings is 1. The lowest BCUT2D eigenvalue weighted by molar-refractivity contribution is 1.19. The van der Waals surface area contributed by atoms with Gasteiger partial charge >= 0.3 is 0 Å². The second kappa shape index (κ2) is 6.84. The van der Waals surface area contributed by atoms with Crippen LogP contribution >= 0.6 is 11.3 Å². The first-order valence-electron chi connectivity index (χ1n) is 8.69. The van der Waals surface area contributed by atoms with Crippen LogP contribution in [0.25, 0.3) is 21.6 Å². The van der Waals surface area contributed by atoms with Crippen LogP contribution in [-0.4, -0.2) is 15.0 Å². The van der Waals surface area contributed by atoms with E-state index in [1.54, 1.807) is 23.7 Å². The molecule has 1 N–H and O–H groups in total. The van der Waals surface area contributed by atoms with Gasteiger partial charge in [0.15, 0.2) is 5.82 Å². The van der Waals surface area contributed by atoms with E-state index >= 15 is 0 Å². The Morgan fingerprint density at radius 2 is 1.92 bits per heavy atom. The summed E-state index contributed by atoms with van der Waals surface area (Å²) in [7, 11) is 0. The van der Waals surface area contributed by atoms with Gasteiger partial charge in [-0.1, -0.05) is 13.0 Å². The van der Waals surface area contributed by atoms with E-state index in [0.717, 1.165) is 33.7 Å². The zero-order chi connectivity index (χ0) is 18.1. The topological polar surface area (TPSA) is 50.7 Å². The predicted molar refractivity (Wildman–Crippen MR) is 109 cm³/mol. The quantitative estimate of drug-likeness (QED) is 0.509. The van der Waals surface area contributed by atoms with Gasteiger partial charge in [0.25, 0.3) is 0 Å². The lowest BCUT2D eigenvalue weighted by atomic mass is 10.1. The van der Waals surface area contributed by atoms with E-state index in [9.17, 15) is 0 Å². The molecular formula is C21H20N4S. The summed E-state index contributed by atoms with van der Waals surface area (Å²) in [5.74, 6) is 1.54. The highest BCUT2D eigenvalue weighted by Gasteiger charge is 2.13. The first-order chi connectivity index (χ1) is 12.6. The van der Waals surface area contributed by atoms with Gasteiger partial charge in [-0.3, -0.25) is 4.98 Å². The average Bonchev–Trinajstić information content (AvgIpc) is 3.09. The molecular weight excluding hydrogens is 340 g/mol. The van der Waals surface area contributed by atoms with Crippen molar-refractivity contribution in [1.82, 2.24) is 15.0 Å². The number of hydrogen-bond donors (Lipinski definition) is 1. The van der Waals surface area contributed by atoms with Gasteiger partial charge in [-0.15, -0.1) is 11.3 Å². The normalized spacial score (nSPS) is 11.0. The van der Waals surface area contributed by atoms with Gasteiger partial charge in [-0.2, -0.15) is 0 Å². The van der Waals surface area contributed by atoms with E-state index in [1.807, 2.05) is 12.1 Å². The summed E-state index contributed by atoms with van der Waals surface area (Å²) in [6.45, 7) is 6.41. The minimum absolute atomic E-state index is 0.696. The van der Waals surface area contributed by atoms with Crippen molar-refractivity contribution in [3.8, 4) is 11.4 Å². The van der Waals surface area contributed by atoms with Gasteiger partial charge in [-0.05, 0) is 61.7 Å². The Morgan fingerprint density at radius 3 is 2.65 bits per heavy atom. The summed E-state index contributed by atoms with van der Waals surface area (Å²) >= 11 is 1.72. The molecule has 0 aliphatic heterocycles. The fraction of sp³-hybridized carbons (Fsp3) is 0.190. The van der Waals surface area contributed by atoms with E-state index in [-0.39, 0.29) is 0 Å². The van der Waals surface area contributed by atoms with Crippen LogP contribution in [0.4, 0.5) is 11.5 Å². The summed E-state index contributed by atoms with van der Waals surface area (Å²) < 4.78 is 0. The van der Waals surface area contributed by atoms with E-state index in [0.29, 0.717) is 5.82 Å². The Bertz CT molecular complexity index is 1070. The Balaban J connectivity index is 1.85. The van der Waals surface area contributed by atoms with Gasteiger partial charge in [0, 0.05) is 28.5 Å². The third-order valence-electron chi connectivity index (χ3n) is 4.48. The maximum Gasteiger partial charge on any atom is 0.164 e. The Hall–Kier alpha value is -2.79. The second-order valence-electron chi connectivity index (χ2n) is 6.35. The molecule has 5 heteroatoms. The molecule has 0 atom stereocenters. The number of hydrogen-bond acceptors (Lipinski definition) is 5. The zero-order valence-electron chi connectivity index (χ0n) is 15.1. The lowest BCUT2D eigenvalue weighted by Crippen LogP contribution is -1.99. The summed E-state index contributed by atoms with van der Waals surface area (Å²) in [5, 5.41) is 4.57. The molecule has 0 saturated carbocycles. The number of pyridine rings is 1. The van der Waals surface area contributed by atoms with E-state index in [2.05, 4.69) is 55.3 Å². The Kier molecular flexibility index (Phi) is 4.39. The van der Waals surface area contributed by atoms with Crippen molar-refractivity contribution in [3.05, 3.63) is 64.8 Å². The molecule has 3 heterocycles. The summed E-state index contributed by atoms with van der Waals surface area (Å²) in [6.07, 6.45) is 4.55. The minimum atomic E-state index is 0.696. The van der Waals surface area contributed by atoms with Crippen LogP contribution in [-0.2, 0) is 6.42 Å². The van der Waals surface area contributed by atoms with Crippen LogP contribution in [0, 0.1) is 13.8 Å². The van der Waals surface area contributed by atoms with Crippen LogP contribution < -0.4 is 5.32 Å². The van der Waals surface area contributed by atoms with Gasteiger partial charge in [0.05, 0.1) is 5.39 Å². The third-order valence-corrected chi connectivity index (χ3v) is 5.65. The van der Waals surface area contributed by atoms with E-state index in [4.69, 9.17) is 9.97 Å². The molecule has 4 nitrogen and oxygen atoms in total. The number of fused-ring (bicyclic) bond motifs is 1. The van der Waals surface area contributed by atoms with Crippen molar-refractivity contribution >= 4 is 33.1 Å². The smallest absolute Gasteiger partial charge is 0.164 e. The number of thiophene rings is 1. The molecule has 0 radical (unpaired) electrons. The molecule has 4 rings (SSSR count). The molecule has 0 fully saturated rings. The third kappa shape index (κ3) is 3.18. The molecule has 4 aromatic rings. The van der Waals surface area contributed by atoms with E-state index < -0.39 is 0 Å². The van der Waals surface area contributed by atoms with Crippen LogP contribution in [0.2, 0.25) is 0 Å². The van der Waals surface area contributed by atoms with Crippen molar-refractivity contribution in [2.75, 3.05) is 5.32 Å². The average molecular weight is 360 g/mol. The molecule has 3 aromatic heterocycles. The van der Waals surface area contributed by atoms with Crippen LogP contribution in [0.5, 0.6) is 0 Å². The highest BCUT2D eigenvalue weighted by atomic mass is 32.1. The van der Waals surface area contributed by atoms with Crippen molar-refractivity contribution in [1.29, 1.82) is 0 Å². The fourth-order valence-corrected chi connectivity index (χ4v) is 3.79. The standard InChI is InChI=1S/C21H20N4S/c1-4-17-11-18-20(23-16-8-7-13(2)14(3)10-16)24-19(25-21(18)26-17)15-6-5-9-22-12-15/h5-12H,4H2,1-3H3,(H,23,24,25). The van der Waals surface area contributed by atoms with Crippen LogP contribution in [0.1, 0.15) is 22.9 Å². The van der Waals surface area contributed by atoms with Gasteiger partial charge in [0.2, 0.25) is 0 Å². The number of aromatic nitrogens is 3. The molecule has 0 aliphatic rings. The first kappa shape index (κ1) is 16.7. The Labute approximate surface area is 157 Å². The summed E-state index contributed by atoms with van der Waals surface area (Å²) in [6, 6.07) is 12.5. The van der Waals surface area contributed by atoms with Crippen LogP contribution in [0.15, 0.2) is 48.8 Å². The largest absolute Gasteiger partial charge is 0.340 e. The minimum Gasteiger partial charge on any atom is -0.340 e. The molecule has 0 bridgehead atoms. The lowest BCUT2D eigenvalue weighted by Gasteiger charge is -2.10. The number of aryl methyl sites for hydroxylation is 3.